The average molecular weight is 262 g/mol. The quantitative estimate of drug-likeness (QED) is 0.835. The van der Waals surface area contributed by atoms with E-state index in [9.17, 15) is 4.79 Å². The normalized spacial score (nSPS) is 19.1. The van der Waals surface area contributed by atoms with Crippen molar-refractivity contribution >= 4 is 5.78 Å². The third kappa shape index (κ3) is 2.33. The summed E-state index contributed by atoms with van der Waals surface area (Å²) in [5.74, 6) is -0.808. The van der Waals surface area contributed by atoms with E-state index in [1.54, 1.807) is 0 Å². The summed E-state index contributed by atoms with van der Waals surface area (Å²) >= 11 is 0. The van der Waals surface area contributed by atoms with Crippen molar-refractivity contribution in [1.82, 2.24) is 0 Å². The third-order valence-electron chi connectivity index (χ3n) is 3.89. The van der Waals surface area contributed by atoms with Crippen molar-refractivity contribution in [2.24, 2.45) is 5.41 Å². The van der Waals surface area contributed by atoms with Crippen LogP contribution < -0.4 is 0 Å². The van der Waals surface area contributed by atoms with E-state index in [-0.39, 0.29) is 5.78 Å². The highest BCUT2D eigenvalue weighted by atomic mass is 16.7. The first kappa shape index (κ1) is 14.2. The van der Waals surface area contributed by atoms with Gasteiger partial charge in [-0.05, 0) is 20.3 Å². The van der Waals surface area contributed by atoms with Gasteiger partial charge in [-0.3, -0.25) is 4.79 Å². The van der Waals surface area contributed by atoms with Gasteiger partial charge in [0.2, 0.25) is 5.79 Å². The Labute approximate surface area is 114 Å². The first-order valence-electron chi connectivity index (χ1n) is 6.91. The van der Waals surface area contributed by atoms with Crippen LogP contribution in [0.4, 0.5) is 0 Å². The van der Waals surface area contributed by atoms with Gasteiger partial charge < -0.3 is 9.47 Å². The van der Waals surface area contributed by atoms with Gasteiger partial charge in [0.15, 0.2) is 0 Å². The van der Waals surface area contributed by atoms with Crippen molar-refractivity contribution in [2.45, 2.75) is 39.4 Å². The number of ether oxygens (including phenoxy) is 2. The van der Waals surface area contributed by atoms with Gasteiger partial charge in [-0.25, -0.2) is 0 Å². The summed E-state index contributed by atoms with van der Waals surface area (Å²) in [7, 11) is 0. The van der Waals surface area contributed by atoms with Gasteiger partial charge >= 0.3 is 0 Å². The van der Waals surface area contributed by atoms with E-state index in [1.807, 2.05) is 51.1 Å². The summed E-state index contributed by atoms with van der Waals surface area (Å²) < 4.78 is 12.0. The summed E-state index contributed by atoms with van der Waals surface area (Å²) in [6, 6.07) is 9.79. The lowest BCUT2D eigenvalue weighted by molar-refractivity contribution is -0.319. The Morgan fingerprint density at radius 2 is 1.79 bits per heavy atom. The molecule has 104 valence electrons. The van der Waals surface area contributed by atoms with Gasteiger partial charge in [0.1, 0.15) is 5.78 Å². The minimum Gasteiger partial charge on any atom is -0.345 e. The zero-order valence-electron chi connectivity index (χ0n) is 11.9. The van der Waals surface area contributed by atoms with Gasteiger partial charge in [0.05, 0.1) is 18.6 Å². The molecule has 1 aliphatic heterocycles. The molecule has 0 amide bonds. The highest BCUT2D eigenvalue weighted by Crippen LogP contribution is 2.46. The fourth-order valence-corrected chi connectivity index (χ4v) is 2.70. The highest BCUT2D eigenvalue weighted by molar-refractivity contribution is 5.85. The lowest BCUT2D eigenvalue weighted by Gasteiger charge is -2.47. The largest absolute Gasteiger partial charge is 0.345 e. The van der Waals surface area contributed by atoms with Crippen LogP contribution >= 0.6 is 0 Å². The fourth-order valence-electron chi connectivity index (χ4n) is 2.70. The van der Waals surface area contributed by atoms with Crippen LogP contribution in [0.5, 0.6) is 0 Å². The Bertz CT molecular complexity index is 431. The lowest BCUT2D eigenvalue weighted by atomic mass is 9.74. The Morgan fingerprint density at radius 3 is 2.32 bits per heavy atom. The van der Waals surface area contributed by atoms with Crippen molar-refractivity contribution < 1.29 is 14.3 Å². The predicted molar refractivity (Wildman–Crippen MR) is 73.7 cm³/mol. The average Bonchev–Trinajstić information content (AvgIpc) is 2.47. The molecular weight excluding hydrogens is 240 g/mol. The molecule has 3 nitrogen and oxygen atoms in total. The molecule has 1 saturated heterocycles. The number of carbonyl (C=O) groups excluding carboxylic acids is 1. The SMILES string of the molecule is CCC(=O)C(C)(C)C1(c2ccccc2)OCCCO1. The number of hydrogen-bond donors (Lipinski definition) is 0. The number of Topliss-reactive ketones (excluding diaryl/α,β-unsaturated/α-hetero) is 1. The Kier molecular flexibility index (Phi) is 4.07. The summed E-state index contributed by atoms with van der Waals surface area (Å²) in [6.07, 6.45) is 1.35. The summed E-state index contributed by atoms with van der Waals surface area (Å²) in [5.41, 5.74) is 0.213. The number of benzene rings is 1. The Balaban J connectivity index is 2.49. The molecule has 0 saturated carbocycles. The summed E-state index contributed by atoms with van der Waals surface area (Å²) in [4.78, 5) is 12.4. The van der Waals surface area contributed by atoms with Crippen molar-refractivity contribution in [3.8, 4) is 0 Å². The van der Waals surface area contributed by atoms with Crippen molar-refractivity contribution in [3.05, 3.63) is 35.9 Å². The van der Waals surface area contributed by atoms with E-state index < -0.39 is 11.2 Å². The highest BCUT2D eigenvalue weighted by Gasteiger charge is 2.53. The predicted octanol–water partition coefficient (Wildman–Crippen LogP) is 3.28. The zero-order chi connectivity index (χ0) is 13.9. The van der Waals surface area contributed by atoms with Gasteiger partial charge in [0, 0.05) is 12.0 Å². The molecule has 19 heavy (non-hydrogen) atoms. The van der Waals surface area contributed by atoms with Crippen molar-refractivity contribution in [3.63, 3.8) is 0 Å². The first-order valence-corrected chi connectivity index (χ1v) is 6.91. The van der Waals surface area contributed by atoms with Crippen LogP contribution in [0.1, 0.15) is 39.2 Å². The number of hydrogen-bond acceptors (Lipinski definition) is 3. The fraction of sp³-hybridized carbons (Fsp3) is 0.562. The van der Waals surface area contributed by atoms with Crippen molar-refractivity contribution in [1.29, 1.82) is 0 Å². The van der Waals surface area contributed by atoms with Gasteiger partial charge in [-0.1, -0.05) is 37.3 Å². The van der Waals surface area contributed by atoms with E-state index in [2.05, 4.69) is 0 Å². The topological polar surface area (TPSA) is 35.5 Å². The van der Waals surface area contributed by atoms with Crippen LogP contribution in [0, 0.1) is 5.41 Å². The summed E-state index contributed by atoms with van der Waals surface area (Å²) in [6.45, 7) is 6.95. The molecule has 3 heteroatoms. The molecule has 0 bridgehead atoms. The van der Waals surface area contributed by atoms with Gasteiger partial charge in [-0.2, -0.15) is 0 Å². The molecule has 0 atom stereocenters. The molecule has 1 aromatic carbocycles. The molecule has 0 spiro atoms. The molecule has 2 rings (SSSR count). The molecule has 1 aliphatic rings. The van der Waals surface area contributed by atoms with Crippen LogP contribution in [0.25, 0.3) is 0 Å². The Morgan fingerprint density at radius 1 is 1.21 bits per heavy atom. The maximum atomic E-state index is 12.4. The molecule has 0 aromatic heterocycles. The standard InChI is InChI=1S/C16H22O3/c1-4-14(17)15(2,3)16(18-11-8-12-19-16)13-9-6-5-7-10-13/h5-7,9-10H,4,8,11-12H2,1-3H3. The molecule has 0 N–H and O–H groups in total. The van der Waals surface area contributed by atoms with Crippen LogP contribution in [-0.4, -0.2) is 19.0 Å². The smallest absolute Gasteiger partial charge is 0.207 e. The molecule has 0 unspecified atom stereocenters. The number of carbonyl (C=O) groups is 1. The van der Waals surface area contributed by atoms with Crippen molar-refractivity contribution in [2.75, 3.05) is 13.2 Å². The van der Waals surface area contributed by atoms with Crippen LogP contribution in [-0.2, 0) is 20.1 Å². The molecule has 1 aromatic rings. The van der Waals surface area contributed by atoms with Crippen LogP contribution in [0.15, 0.2) is 30.3 Å². The number of rotatable bonds is 4. The van der Waals surface area contributed by atoms with Crippen LogP contribution in [0.3, 0.4) is 0 Å². The lowest BCUT2D eigenvalue weighted by Crippen LogP contribution is -2.53. The summed E-state index contributed by atoms with van der Waals surface area (Å²) in [5, 5.41) is 0. The second-order valence-electron chi connectivity index (χ2n) is 5.43. The maximum absolute atomic E-state index is 12.4. The first-order chi connectivity index (χ1) is 9.04. The van der Waals surface area contributed by atoms with E-state index in [4.69, 9.17) is 9.47 Å². The third-order valence-corrected chi connectivity index (χ3v) is 3.89. The monoisotopic (exact) mass is 262 g/mol. The van der Waals surface area contributed by atoms with E-state index >= 15 is 0 Å². The van der Waals surface area contributed by atoms with E-state index in [0.29, 0.717) is 19.6 Å². The van der Waals surface area contributed by atoms with Gasteiger partial charge in [0.25, 0.3) is 0 Å². The zero-order valence-corrected chi connectivity index (χ0v) is 11.9. The molecule has 0 radical (unpaired) electrons. The second-order valence-corrected chi connectivity index (χ2v) is 5.43. The number of ketones is 1. The maximum Gasteiger partial charge on any atom is 0.207 e. The molecule has 1 fully saturated rings. The van der Waals surface area contributed by atoms with E-state index in [0.717, 1.165) is 12.0 Å². The second kappa shape index (κ2) is 5.43. The molecular formula is C16H22O3. The minimum absolute atomic E-state index is 0.151. The Hall–Kier alpha value is -1.19. The van der Waals surface area contributed by atoms with Gasteiger partial charge in [-0.15, -0.1) is 0 Å². The minimum atomic E-state index is -0.959. The van der Waals surface area contributed by atoms with E-state index in [1.165, 1.54) is 0 Å². The van der Waals surface area contributed by atoms with Crippen LogP contribution in [0.2, 0.25) is 0 Å². The molecule has 0 aliphatic carbocycles. The molecule has 1 heterocycles.